The number of hydrogen-bond acceptors (Lipinski definition) is 5. The number of ether oxygens (including phenoxy) is 2. The molecule has 0 radical (unpaired) electrons. The zero-order valence-corrected chi connectivity index (χ0v) is 25.6. The van der Waals surface area contributed by atoms with Crippen LogP contribution in [0.5, 0.6) is 0 Å². The van der Waals surface area contributed by atoms with E-state index in [0.29, 0.717) is 6.42 Å². The second-order valence-electron chi connectivity index (χ2n) is 10.7. The third-order valence-electron chi connectivity index (χ3n) is 6.81. The Kier molecular flexibility index (Phi) is 27.7. The Balaban J connectivity index is 3.93. The summed E-state index contributed by atoms with van der Waals surface area (Å²) in [6.45, 7) is 6.49. The molecule has 0 aromatic heterocycles. The number of rotatable bonds is 27. The summed E-state index contributed by atoms with van der Waals surface area (Å²) in [6, 6.07) is 0. The molecule has 0 bridgehead atoms. The maximum atomic E-state index is 12.3. The molecular weight excluding hydrogens is 488 g/mol. The zero-order valence-electron chi connectivity index (χ0n) is 25.6. The second kappa shape index (κ2) is 29.1. The molecule has 0 saturated heterocycles. The van der Waals surface area contributed by atoms with Crippen molar-refractivity contribution >= 4 is 11.9 Å². The van der Waals surface area contributed by atoms with Gasteiger partial charge in [-0.25, -0.2) is 4.79 Å². The monoisotopic (exact) mass is 548 g/mol. The van der Waals surface area contributed by atoms with E-state index in [-0.39, 0.29) is 31.8 Å². The zero-order chi connectivity index (χ0) is 28.8. The van der Waals surface area contributed by atoms with Crippen molar-refractivity contribution in [1.82, 2.24) is 0 Å². The summed E-state index contributed by atoms with van der Waals surface area (Å²) in [6.07, 6.45) is 31.1. The van der Waals surface area contributed by atoms with E-state index in [2.05, 4.69) is 45.1 Å². The van der Waals surface area contributed by atoms with E-state index in [1.807, 2.05) is 0 Å². The predicted molar refractivity (Wildman–Crippen MR) is 164 cm³/mol. The van der Waals surface area contributed by atoms with Gasteiger partial charge in [-0.15, -0.1) is 0 Å². The highest BCUT2D eigenvalue weighted by Crippen LogP contribution is 2.16. The molecular formula is C34H60O5. The van der Waals surface area contributed by atoms with Crippen LogP contribution in [0.1, 0.15) is 143 Å². The van der Waals surface area contributed by atoms with Crippen molar-refractivity contribution in [2.24, 2.45) is 5.92 Å². The Hall–Kier alpha value is -1.88. The van der Waals surface area contributed by atoms with Crippen molar-refractivity contribution in [2.75, 3.05) is 19.8 Å². The van der Waals surface area contributed by atoms with Crippen molar-refractivity contribution < 1.29 is 24.2 Å². The molecule has 0 fully saturated rings. The van der Waals surface area contributed by atoms with E-state index in [0.717, 1.165) is 82.6 Å². The molecule has 0 saturated carbocycles. The van der Waals surface area contributed by atoms with Crippen LogP contribution >= 0.6 is 0 Å². The second-order valence-corrected chi connectivity index (χ2v) is 10.7. The molecule has 0 aliphatic heterocycles. The van der Waals surface area contributed by atoms with Gasteiger partial charge < -0.3 is 14.6 Å². The van der Waals surface area contributed by atoms with E-state index in [1.54, 1.807) is 6.08 Å². The molecule has 0 amide bonds. The Morgan fingerprint density at radius 2 is 1.18 bits per heavy atom. The summed E-state index contributed by atoms with van der Waals surface area (Å²) in [7, 11) is 0. The molecule has 0 aromatic rings. The first-order chi connectivity index (χ1) is 19.1. The van der Waals surface area contributed by atoms with Crippen molar-refractivity contribution in [2.45, 2.75) is 143 Å². The van der Waals surface area contributed by atoms with Gasteiger partial charge in [-0.2, -0.15) is 0 Å². The SMILES string of the molecule is CCCCC/C=C\C/C=C\CCCCCCCC(=O)OCC(CO)COC(=O)/C=C(/CCCC)CCCCC. The lowest BCUT2D eigenvalue weighted by atomic mass is 10.0. The molecule has 0 heterocycles. The highest BCUT2D eigenvalue weighted by atomic mass is 16.5. The van der Waals surface area contributed by atoms with Crippen molar-refractivity contribution in [1.29, 1.82) is 0 Å². The molecule has 1 N–H and O–H groups in total. The van der Waals surface area contributed by atoms with Crippen LogP contribution in [0.4, 0.5) is 0 Å². The molecule has 1 unspecified atom stereocenters. The van der Waals surface area contributed by atoms with E-state index in [4.69, 9.17) is 9.47 Å². The topological polar surface area (TPSA) is 72.8 Å². The average molecular weight is 549 g/mol. The minimum atomic E-state index is -0.393. The number of esters is 2. The lowest BCUT2D eigenvalue weighted by Gasteiger charge is -2.14. The molecule has 1 atom stereocenters. The largest absolute Gasteiger partial charge is 0.465 e. The average Bonchev–Trinajstić information content (AvgIpc) is 2.93. The molecule has 0 spiro atoms. The molecule has 5 nitrogen and oxygen atoms in total. The standard InChI is InChI=1S/C34H60O5/c1-4-7-10-11-12-13-14-15-16-17-18-19-20-21-23-26-33(36)38-29-32(28-35)30-39-34(37)27-31(24-9-6-3)25-22-8-5-2/h12-13,15-16,27,32,35H,4-11,14,17-26,28-30H2,1-3H3/b13-12-,16-15-,31-27-. The van der Waals surface area contributed by atoms with Crippen LogP contribution < -0.4 is 0 Å². The number of aliphatic hydroxyl groups is 1. The van der Waals surface area contributed by atoms with Crippen LogP contribution in [0.25, 0.3) is 0 Å². The number of allylic oxidation sites excluding steroid dienone is 5. The summed E-state index contributed by atoms with van der Waals surface area (Å²) in [5, 5.41) is 9.60. The van der Waals surface area contributed by atoms with Gasteiger partial charge in [0.1, 0.15) is 0 Å². The van der Waals surface area contributed by atoms with Crippen LogP contribution in [0.3, 0.4) is 0 Å². The van der Waals surface area contributed by atoms with E-state index in [1.165, 1.54) is 38.5 Å². The van der Waals surface area contributed by atoms with Crippen LogP contribution in [0.2, 0.25) is 0 Å². The fraction of sp³-hybridized carbons (Fsp3) is 0.765. The summed E-state index contributed by atoms with van der Waals surface area (Å²) >= 11 is 0. The fourth-order valence-corrected chi connectivity index (χ4v) is 4.20. The highest BCUT2D eigenvalue weighted by Gasteiger charge is 2.14. The van der Waals surface area contributed by atoms with Crippen LogP contribution in [-0.2, 0) is 19.1 Å². The van der Waals surface area contributed by atoms with Gasteiger partial charge >= 0.3 is 11.9 Å². The lowest BCUT2D eigenvalue weighted by molar-refractivity contribution is -0.147. The maximum absolute atomic E-state index is 12.3. The first-order valence-corrected chi connectivity index (χ1v) is 16.0. The molecule has 0 aromatic carbocycles. The minimum Gasteiger partial charge on any atom is -0.465 e. The molecule has 5 heteroatoms. The third-order valence-corrected chi connectivity index (χ3v) is 6.81. The highest BCUT2D eigenvalue weighted by molar-refractivity contribution is 5.82. The van der Waals surface area contributed by atoms with Gasteiger partial charge in [-0.05, 0) is 64.2 Å². The summed E-state index contributed by atoms with van der Waals surface area (Å²) in [5.41, 5.74) is 1.14. The summed E-state index contributed by atoms with van der Waals surface area (Å²) in [5.74, 6) is -1.01. The number of aliphatic hydroxyl groups excluding tert-OH is 1. The lowest BCUT2D eigenvalue weighted by Crippen LogP contribution is -2.23. The first-order valence-electron chi connectivity index (χ1n) is 16.0. The van der Waals surface area contributed by atoms with Crippen LogP contribution in [0.15, 0.2) is 36.0 Å². The quantitative estimate of drug-likeness (QED) is 0.0479. The van der Waals surface area contributed by atoms with E-state index < -0.39 is 5.92 Å². The first kappa shape index (κ1) is 37.1. The Bertz CT molecular complexity index is 664. The van der Waals surface area contributed by atoms with Crippen molar-refractivity contribution in [3.05, 3.63) is 36.0 Å². The van der Waals surface area contributed by atoms with Crippen LogP contribution in [-0.4, -0.2) is 36.9 Å². The van der Waals surface area contributed by atoms with Gasteiger partial charge in [-0.1, -0.05) is 102 Å². The summed E-state index contributed by atoms with van der Waals surface area (Å²) < 4.78 is 10.7. The van der Waals surface area contributed by atoms with E-state index in [9.17, 15) is 14.7 Å². The number of carbonyl (C=O) groups is 2. The molecule has 226 valence electrons. The van der Waals surface area contributed by atoms with Gasteiger partial charge in [0, 0.05) is 12.5 Å². The fourth-order valence-electron chi connectivity index (χ4n) is 4.20. The van der Waals surface area contributed by atoms with Crippen molar-refractivity contribution in [3.63, 3.8) is 0 Å². The Morgan fingerprint density at radius 3 is 1.85 bits per heavy atom. The van der Waals surface area contributed by atoms with Crippen LogP contribution in [0, 0.1) is 5.92 Å². The predicted octanol–water partition coefficient (Wildman–Crippen LogP) is 9.19. The molecule has 0 aliphatic rings. The number of unbranched alkanes of at least 4 members (excludes halogenated alkanes) is 11. The van der Waals surface area contributed by atoms with Gasteiger partial charge in [0.05, 0.1) is 25.7 Å². The summed E-state index contributed by atoms with van der Waals surface area (Å²) in [4.78, 5) is 24.4. The van der Waals surface area contributed by atoms with Gasteiger partial charge in [0.2, 0.25) is 0 Å². The molecule has 39 heavy (non-hydrogen) atoms. The van der Waals surface area contributed by atoms with Crippen molar-refractivity contribution in [3.8, 4) is 0 Å². The van der Waals surface area contributed by atoms with E-state index >= 15 is 0 Å². The Labute approximate surface area is 240 Å². The number of hydrogen-bond donors (Lipinski definition) is 1. The third kappa shape index (κ3) is 26.1. The van der Waals surface area contributed by atoms with Gasteiger partial charge in [0.15, 0.2) is 0 Å². The normalized spacial score (nSPS) is 12.9. The molecule has 0 rings (SSSR count). The van der Waals surface area contributed by atoms with Gasteiger partial charge in [-0.3, -0.25) is 4.79 Å². The Morgan fingerprint density at radius 1 is 0.641 bits per heavy atom. The smallest absolute Gasteiger partial charge is 0.330 e. The van der Waals surface area contributed by atoms with Gasteiger partial charge in [0.25, 0.3) is 0 Å². The molecule has 0 aliphatic carbocycles. The minimum absolute atomic E-state index is 0.0544. The maximum Gasteiger partial charge on any atom is 0.330 e. The number of carbonyl (C=O) groups excluding carboxylic acids is 2.